The van der Waals surface area contributed by atoms with E-state index in [1.807, 2.05) is 77.9 Å². The fourth-order valence-electron chi connectivity index (χ4n) is 5.25. The van der Waals surface area contributed by atoms with Gasteiger partial charge in [-0.05, 0) is 95.8 Å². The molecule has 1 amide bonds. The molecule has 39 heavy (non-hydrogen) atoms. The Morgan fingerprint density at radius 1 is 1.03 bits per heavy atom. The number of amides is 1. The van der Waals surface area contributed by atoms with Crippen molar-refractivity contribution in [3.05, 3.63) is 64.4 Å². The minimum atomic E-state index is -0.0571. The Labute approximate surface area is 234 Å². The van der Waals surface area contributed by atoms with Gasteiger partial charge in [0.2, 0.25) is 5.91 Å². The minimum Gasteiger partial charge on any atom is -0.493 e. The lowest BCUT2D eigenvalue weighted by atomic mass is 9.95. The van der Waals surface area contributed by atoms with Gasteiger partial charge in [-0.3, -0.25) is 9.59 Å². The van der Waals surface area contributed by atoms with Crippen molar-refractivity contribution in [2.45, 2.75) is 86.1 Å². The summed E-state index contributed by atoms with van der Waals surface area (Å²) in [6.45, 7) is 16.0. The molecule has 0 unspecified atom stereocenters. The smallest absolute Gasteiger partial charge is 0.220 e. The zero-order valence-electron chi connectivity index (χ0n) is 24.7. The van der Waals surface area contributed by atoms with Gasteiger partial charge in [-0.15, -0.1) is 0 Å². The van der Waals surface area contributed by atoms with E-state index in [9.17, 15) is 9.59 Å². The first kappa shape index (κ1) is 30.4. The molecule has 2 heterocycles. The second-order valence-electron chi connectivity index (χ2n) is 10.5. The van der Waals surface area contributed by atoms with Crippen LogP contribution in [-0.4, -0.2) is 48.9 Å². The molecule has 4 rings (SSSR count). The number of fused-ring (bicyclic) bond motifs is 1. The Kier molecular flexibility index (Phi) is 11.6. The Hall–Kier alpha value is -3.12. The molecule has 3 aromatic rings. The van der Waals surface area contributed by atoms with E-state index < -0.39 is 0 Å². The number of nitrogens with zero attached hydrogens (tertiary/aromatic N) is 1. The van der Waals surface area contributed by atoms with Crippen molar-refractivity contribution in [2.75, 3.05) is 26.2 Å². The molecule has 1 aliphatic heterocycles. The number of ether oxygens (including phenoxy) is 1. The Morgan fingerprint density at radius 3 is 2.36 bits per heavy atom. The van der Waals surface area contributed by atoms with Crippen LogP contribution in [0.4, 0.5) is 0 Å². The lowest BCUT2D eigenvalue weighted by Crippen LogP contribution is -2.29. The summed E-state index contributed by atoms with van der Waals surface area (Å²) in [5, 5.41) is 3.73. The van der Waals surface area contributed by atoms with E-state index in [-0.39, 0.29) is 17.7 Å². The molecule has 0 bridgehead atoms. The summed E-state index contributed by atoms with van der Waals surface area (Å²) >= 11 is 0. The third kappa shape index (κ3) is 8.18. The molecule has 0 radical (unpaired) electrons. The van der Waals surface area contributed by atoms with Crippen molar-refractivity contribution < 1.29 is 18.7 Å². The van der Waals surface area contributed by atoms with Crippen LogP contribution in [0.25, 0.3) is 11.0 Å². The zero-order valence-corrected chi connectivity index (χ0v) is 24.7. The van der Waals surface area contributed by atoms with E-state index in [0.717, 1.165) is 35.2 Å². The highest BCUT2D eigenvalue weighted by molar-refractivity contribution is 6.17. The summed E-state index contributed by atoms with van der Waals surface area (Å²) in [4.78, 5) is 28.4. The number of aryl methyl sites for hydroxylation is 3. The maximum atomic E-state index is 13.8. The number of carbonyl (C=O) groups excluding carboxylic acids is 2. The van der Waals surface area contributed by atoms with Gasteiger partial charge in [-0.1, -0.05) is 32.0 Å². The fourth-order valence-corrected chi connectivity index (χ4v) is 5.25. The second kappa shape index (κ2) is 14.9. The van der Waals surface area contributed by atoms with Gasteiger partial charge >= 0.3 is 0 Å². The van der Waals surface area contributed by atoms with Crippen LogP contribution in [0.2, 0.25) is 0 Å². The molecule has 1 N–H and O–H groups in total. The van der Waals surface area contributed by atoms with E-state index >= 15 is 0 Å². The average Bonchev–Trinajstić information content (AvgIpc) is 3.55. The van der Waals surface area contributed by atoms with Crippen molar-refractivity contribution >= 4 is 22.7 Å². The number of rotatable bonds is 12. The molecule has 212 valence electrons. The number of furan rings is 1. The number of hydrogen-bond acceptors (Lipinski definition) is 5. The van der Waals surface area contributed by atoms with Crippen molar-refractivity contribution in [3.63, 3.8) is 0 Å². The van der Waals surface area contributed by atoms with Gasteiger partial charge in [0.1, 0.15) is 17.1 Å². The van der Waals surface area contributed by atoms with E-state index in [1.165, 1.54) is 25.9 Å². The van der Waals surface area contributed by atoms with Crippen LogP contribution < -0.4 is 10.1 Å². The first-order valence-corrected chi connectivity index (χ1v) is 14.6. The summed E-state index contributed by atoms with van der Waals surface area (Å²) in [6, 6.07) is 11.6. The van der Waals surface area contributed by atoms with Crippen LogP contribution >= 0.6 is 0 Å². The van der Waals surface area contributed by atoms with Crippen LogP contribution in [0.3, 0.4) is 0 Å². The van der Waals surface area contributed by atoms with Crippen molar-refractivity contribution in [3.8, 4) is 5.75 Å². The Bertz CT molecular complexity index is 1210. The highest BCUT2D eigenvalue weighted by Gasteiger charge is 2.23. The van der Waals surface area contributed by atoms with Crippen LogP contribution in [0, 0.1) is 13.8 Å². The fraction of sp³-hybridized carbons (Fsp3) is 0.515. The van der Waals surface area contributed by atoms with Gasteiger partial charge in [0.15, 0.2) is 5.78 Å². The third-order valence-electron chi connectivity index (χ3n) is 6.94. The van der Waals surface area contributed by atoms with Crippen molar-refractivity contribution in [1.82, 2.24) is 10.2 Å². The van der Waals surface area contributed by atoms with Crippen LogP contribution in [0.5, 0.6) is 5.75 Å². The predicted octanol–water partition coefficient (Wildman–Crippen LogP) is 7.02. The quantitative estimate of drug-likeness (QED) is 0.200. The van der Waals surface area contributed by atoms with Crippen molar-refractivity contribution in [2.24, 2.45) is 0 Å². The summed E-state index contributed by atoms with van der Waals surface area (Å²) in [7, 11) is 0. The number of benzene rings is 2. The molecule has 6 nitrogen and oxygen atoms in total. The molecule has 0 spiro atoms. The number of ketones is 1. The lowest BCUT2D eigenvalue weighted by Gasteiger charge is -2.17. The minimum absolute atomic E-state index is 0.0151. The lowest BCUT2D eigenvalue weighted by molar-refractivity contribution is -0.121. The largest absolute Gasteiger partial charge is 0.493 e. The van der Waals surface area contributed by atoms with E-state index in [1.54, 1.807) is 0 Å². The van der Waals surface area contributed by atoms with E-state index in [4.69, 9.17) is 9.15 Å². The Morgan fingerprint density at radius 2 is 1.69 bits per heavy atom. The third-order valence-corrected chi connectivity index (χ3v) is 6.94. The van der Waals surface area contributed by atoms with E-state index in [2.05, 4.69) is 10.2 Å². The monoisotopic (exact) mass is 534 g/mol. The van der Waals surface area contributed by atoms with Gasteiger partial charge in [-0.25, -0.2) is 0 Å². The zero-order chi connectivity index (χ0) is 28.4. The van der Waals surface area contributed by atoms with Gasteiger partial charge in [0.25, 0.3) is 0 Å². The molecule has 1 fully saturated rings. The molecule has 0 saturated carbocycles. The van der Waals surface area contributed by atoms with Crippen LogP contribution in [0.1, 0.15) is 92.6 Å². The van der Waals surface area contributed by atoms with Gasteiger partial charge in [0.05, 0.1) is 12.2 Å². The number of para-hydroxylation sites is 1. The van der Waals surface area contributed by atoms with E-state index in [0.29, 0.717) is 48.3 Å². The van der Waals surface area contributed by atoms with Crippen LogP contribution in [-0.2, 0) is 11.2 Å². The first-order valence-electron chi connectivity index (χ1n) is 14.6. The van der Waals surface area contributed by atoms with Gasteiger partial charge in [0, 0.05) is 36.4 Å². The topological polar surface area (TPSA) is 71.8 Å². The SMILES string of the molecule is CC.Cc1cc(C(=O)c2c(CCCC(=O)NC(C)C)oc3ccccc23)cc(C)c1OCCCN1CCCC1. The highest BCUT2D eigenvalue weighted by atomic mass is 16.5. The van der Waals surface area contributed by atoms with Crippen LogP contribution in [0.15, 0.2) is 40.8 Å². The van der Waals surface area contributed by atoms with Gasteiger partial charge < -0.3 is 19.4 Å². The molecule has 1 saturated heterocycles. The molecular weight excluding hydrogens is 488 g/mol. The number of likely N-dealkylation sites (tertiary alicyclic amines) is 1. The molecule has 6 heteroatoms. The number of hydrogen-bond donors (Lipinski definition) is 1. The summed E-state index contributed by atoms with van der Waals surface area (Å²) in [5.74, 6) is 1.46. The van der Waals surface area contributed by atoms with Gasteiger partial charge in [-0.2, -0.15) is 0 Å². The maximum Gasteiger partial charge on any atom is 0.220 e. The molecular formula is C33H46N2O4. The summed E-state index contributed by atoms with van der Waals surface area (Å²) < 4.78 is 12.3. The average molecular weight is 535 g/mol. The maximum absolute atomic E-state index is 13.8. The normalized spacial score (nSPS) is 13.4. The second-order valence-corrected chi connectivity index (χ2v) is 10.5. The summed E-state index contributed by atoms with van der Waals surface area (Å²) in [6.07, 6.45) is 5.13. The molecule has 0 atom stereocenters. The molecule has 1 aromatic heterocycles. The first-order chi connectivity index (χ1) is 18.8. The molecule has 1 aliphatic rings. The number of carbonyl (C=O) groups is 2. The number of nitrogens with one attached hydrogen (secondary N) is 1. The summed E-state index contributed by atoms with van der Waals surface area (Å²) in [5.41, 5.74) is 3.84. The molecule has 2 aromatic carbocycles. The standard InChI is InChI=1S/C31H40N2O4.C2H6/c1-21(2)32-28(34)14-9-13-27-29(25-11-5-6-12-26(25)37-27)30(35)24-19-22(3)31(23(4)20-24)36-18-10-17-33-15-7-8-16-33;1-2/h5-6,11-12,19-21H,7-10,13-18H2,1-4H3,(H,32,34);1-2H3. The Balaban J connectivity index is 0.00000205. The predicted molar refractivity (Wildman–Crippen MR) is 159 cm³/mol. The highest BCUT2D eigenvalue weighted by Crippen LogP contribution is 2.32. The van der Waals surface area contributed by atoms with Crippen molar-refractivity contribution in [1.29, 1.82) is 0 Å². The molecule has 0 aliphatic carbocycles.